The quantitative estimate of drug-likeness (QED) is 0.559. The zero-order valence-electron chi connectivity index (χ0n) is 20.1. The Kier molecular flexibility index (Phi) is 9.29. The van der Waals surface area contributed by atoms with Crippen LogP contribution in [0.5, 0.6) is 5.75 Å². The molecular formula is C23H35N3O6S. The molecule has 184 valence electrons. The van der Waals surface area contributed by atoms with E-state index in [-0.39, 0.29) is 48.7 Å². The standard InChI is InChI=1S/C23H35N3O6S/c1-16-12-26(17(2)15-27)33(30,31)22-10-9-19(8-7-18(3)28)11-20(22)32-21(16)13-25(6)23(29)14-24(4)5/h9-11,16-18,21,27-28H,12-15H2,1-6H3/t16-,17-,18-,21+/m1/s1. The van der Waals surface area contributed by atoms with Crippen LogP contribution in [0.4, 0.5) is 0 Å². The summed E-state index contributed by atoms with van der Waals surface area (Å²) in [7, 11) is 1.36. The Labute approximate surface area is 197 Å². The van der Waals surface area contributed by atoms with Gasteiger partial charge in [-0.3, -0.25) is 4.79 Å². The number of sulfonamides is 1. The van der Waals surface area contributed by atoms with Crippen molar-refractivity contribution in [2.24, 2.45) is 5.92 Å². The molecule has 0 fully saturated rings. The summed E-state index contributed by atoms with van der Waals surface area (Å²) in [5, 5.41) is 19.2. The number of hydrogen-bond donors (Lipinski definition) is 2. The highest BCUT2D eigenvalue weighted by Crippen LogP contribution is 2.34. The highest BCUT2D eigenvalue weighted by atomic mass is 32.2. The minimum absolute atomic E-state index is 0.0235. The number of benzene rings is 1. The van der Waals surface area contributed by atoms with Crippen LogP contribution in [0, 0.1) is 17.8 Å². The van der Waals surface area contributed by atoms with Gasteiger partial charge < -0.3 is 24.7 Å². The van der Waals surface area contributed by atoms with Gasteiger partial charge >= 0.3 is 0 Å². The molecule has 4 atom stereocenters. The van der Waals surface area contributed by atoms with E-state index in [4.69, 9.17) is 4.74 Å². The van der Waals surface area contributed by atoms with Crippen LogP contribution >= 0.6 is 0 Å². The molecule has 0 unspecified atom stereocenters. The van der Waals surface area contributed by atoms with Crippen molar-refractivity contribution >= 4 is 15.9 Å². The van der Waals surface area contributed by atoms with Gasteiger partial charge in [0.2, 0.25) is 15.9 Å². The van der Waals surface area contributed by atoms with Crippen molar-refractivity contribution in [3.05, 3.63) is 23.8 Å². The number of nitrogens with zero attached hydrogens (tertiary/aromatic N) is 3. The van der Waals surface area contributed by atoms with Crippen molar-refractivity contribution in [2.75, 3.05) is 47.4 Å². The fourth-order valence-electron chi connectivity index (χ4n) is 3.47. The summed E-state index contributed by atoms with van der Waals surface area (Å²) in [4.78, 5) is 15.8. The third kappa shape index (κ3) is 6.91. The zero-order chi connectivity index (χ0) is 24.9. The lowest BCUT2D eigenvalue weighted by Crippen LogP contribution is -2.50. The molecule has 0 saturated carbocycles. The van der Waals surface area contributed by atoms with Gasteiger partial charge in [0.05, 0.1) is 19.7 Å². The monoisotopic (exact) mass is 481 g/mol. The third-order valence-corrected chi connectivity index (χ3v) is 7.44. The van der Waals surface area contributed by atoms with Gasteiger partial charge in [-0.15, -0.1) is 0 Å². The number of hydrogen-bond acceptors (Lipinski definition) is 7. The Morgan fingerprint density at radius 1 is 1.30 bits per heavy atom. The average Bonchev–Trinajstić information content (AvgIpc) is 2.73. The second-order valence-electron chi connectivity index (χ2n) is 8.86. The largest absolute Gasteiger partial charge is 0.487 e. The lowest BCUT2D eigenvalue weighted by molar-refractivity contribution is -0.132. The molecule has 0 aromatic heterocycles. The van der Waals surface area contributed by atoms with Crippen molar-refractivity contribution in [2.45, 2.75) is 43.9 Å². The predicted octanol–water partition coefficient (Wildman–Crippen LogP) is 0.208. The van der Waals surface area contributed by atoms with Gasteiger partial charge in [0.15, 0.2) is 0 Å². The average molecular weight is 482 g/mol. The molecule has 2 N–H and O–H groups in total. The van der Waals surface area contributed by atoms with E-state index in [0.717, 1.165) is 0 Å². The van der Waals surface area contributed by atoms with E-state index in [0.29, 0.717) is 5.56 Å². The van der Waals surface area contributed by atoms with Crippen LogP contribution < -0.4 is 4.74 Å². The van der Waals surface area contributed by atoms with Crippen LogP contribution in [-0.2, 0) is 14.8 Å². The molecule has 1 aromatic carbocycles. The van der Waals surface area contributed by atoms with E-state index in [1.54, 1.807) is 29.8 Å². The van der Waals surface area contributed by atoms with E-state index in [1.165, 1.54) is 23.4 Å². The van der Waals surface area contributed by atoms with Gasteiger partial charge in [0.1, 0.15) is 22.9 Å². The second kappa shape index (κ2) is 11.3. The molecule has 0 spiro atoms. The Bertz CT molecular complexity index is 999. The molecular weight excluding hydrogens is 446 g/mol. The fraction of sp³-hybridized carbons (Fsp3) is 0.609. The SMILES string of the molecule is C[C@@H]1CN([C@H](C)CO)S(=O)(=O)c2ccc(C#C[C@@H](C)O)cc2O[C@H]1CN(C)C(=O)CN(C)C. The third-order valence-electron chi connectivity index (χ3n) is 5.42. The predicted molar refractivity (Wildman–Crippen MR) is 125 cm³/mol. The van der Waals surface area contributed by atoms with E-state index in [9.17, 15) is 23.4 Å². The normalized spacial score (nSPS) is 22.1. The van der Waals surface area contributed by atoms with Gasteiger partial charge in [-0.05, 0) is 46.1 Å². The van der Waals surface area contributed by atoms with E-state index >= 15 is 0 Å². The topological polar surface area (TPSA) is 111 Å². The van der Waals surface area contributed by atoms with Crippen molar-refractivity contribution in [3.8, 4) is 17.6 Å². The maximum absolute atomic E-state index is 13.4. The molecule has 1 heterocycles. The molecule has 9 nitrogen and oxygen atoms in total. The van der Waals surface area contributed by atoms with Crippen molar-refractivity contribution in [3.63, 3.8) is 0 Å². The number of aliphatic hydroxyl groups excluding tert-OH is 2. The van der Waals surface area contributed by atoms with Crippen LogP contribution in [0.3, 0.4) is 0 Å². The number of ether oxygens (including phenoxy) is 1. The first-order valence-electron chi connectivity index (χ1n) is 10.9. The molecule has 0 saturated heterocycles. The van der Waals surface area contributed by atoms with Crippen molar-refractivity contribution in [1.82, 2.24) is 14.1 Å². The minimum atomic E-state index is -3.96. The molecule has 0 radical (unpaired) electrons. The smallest absolute Gasteiger partial charge is 0.247 e. The molecule has 0 bridgehead atoms. The van der Waals surface area contributed by atoms with Gasteiger partial charge in [0.25, 0.3) is 0 Å². The van der Waals surface area contributed by atoms with Gasteiger partial charge in [-0.2, -0.15) is 4.31 Å². The number of aliphatic hydroxyl groups is 2. The molecule has 10 heteroatoms. The summed E-state index contributed by atoms with van der Waals surface area (Å²) in [5.74, 6) is 5.23. The first-order chi connectivity index (χ1) is 15.4. The Morgan fingerprint density at radius 2 is 1.97 bits per heavy atom. The highest BCUT2D eigenvalue weighted by molar-refractivity contribution is 7.89. The minimum Gasteiger partial charge on any atom is -0.487 e. The first kappa shape index (κ1) is 27.1. The van der Waals surface area contributed by atoms with E-state index < -0.39 is 28.3 Å². The summed E-state index contributed by atoms with van der Waals surface area (Å²) in [5.41, 5.74) is 0.496. The summed E-state index contributed by atoms with van der Waals surface area (Å²) in [6.45, 7) is 5.36. The first-order valence-corrected chi connectivity index (χ1v) is 12.3. The second-order valence-corrected chi connectivity index (χ2v) is 10.7. The van der Waals surface area contributed by atoms with Gasteiger partial charge in [0, 0.05) is 31.1 Å². The fourth-order valence-corrected chi connectivity index (χ4v) is 5.30. The summed E-state index contributed by atoms with van der Waals surface area (Å²) in [6, 6.07) is 3.90. The Hall–Kier alpha value is -2.16. The van der Waals surface area contributed by atoms with Crippen LogP contribution in [0.25, 0.3) is 0 Å². The Morgan fingerprint density at radius 3 is 2.55 bits per heavy atom. The van der Waals surface area contributed by atoms with Gasteiger partial charge in [-0.25, -0.2) is 8.42 Å². The molecule has 1 amide bonds. The van der Waals surface area contributed by atoms with E-state index in [1.807, 2.05) is 21.0 Å². The molecule has 1 aromatic rings. The van der Waals surface area contributed by atoms with Crippen LogP contribution in [0.15, 0.2) is 23.1 Å². The maximum atomic E-state index is 13.4. The summed E-state index contributed by atoms with van der Waals surface area (Å²) < 4.78 is 34.4. The number of amides is 1. The molecule has 1 aliphatic rings. The van der Waals surface area contributed by atoms with Crippen LogP contribution in [0.1, 0.15) is 26.3 Å². The maximum Gasteiger partial charge on any atom is 0.247 e. The lowest BCUT2D eigenvalue weighted by Gasteiger charge is -2.37. The van der Waals surface area contributed by atoms with Crippen molar-refractivity contribution < 1.29 is 28.2 Å². The number of rotatable bonds is 6. The van der Waals surface area contributed by atoms with E-state index in [2.05, 4.69) is 11.8 Å². The number of carbonyl (C=O) groups is 1. The molecule has 0 aliphatic carbocycles. The lowest BCUT2D eigenvalue weighted by atomic mass is 10.0. The summed E-state index contributed by atoms with van der Waals surface area (Å²) in [6.07, 6.45) is -1.33. The summed E-state index contributed by atoms with van der Waals surface area (Å²) >= 11 is 0. The van der Waals surface area contributed by atoms with Crippen LogP contribution in [-0.4, -0.2) is 104 Å². The van der Waals surface area contributed by atoms with Crippen LogP contribution in [0.2, 0.25) is 0 Å². The highest BCUT2D eigenvalue weighted by Gasteiger charge is 2.38. The van der Waals surface area contributed by atoms with Gasteiger partial charge in [-0.1, -0.05) is 18.8 Å². The van der Waals surface area contributed by atoms with Crippen molar-refractivity contribution in [1.29, 1.82) is 0 Å². The molecule has 1 aliphatic heterocycles. The number of likely N-dealkylation sites (N-methyl/N-ethyl adjacent to an activating group) is 2. The zero-order valence-corrected chi connectivity index (χ0v) is 21.0. The molecule has 33 heavy (non-hydrogen) atoms. The number of carbonyl (C=O) groups excluding carboxylic acids is 1. The number of fused-ring (bicyclic) bond motifs is 1. The Balaban J connectivity index is 2.53. The molecule has 2 rings (SSSR count).